The highest BCUT2D eigenvalue weighted by molar-refractivity contribution is 7.90. The van der Waals surface area contributed by atoms with Crippen molar-refractivity contribution in [3.63, 3.8) is 0 Å². The molecule has 1 aromatic heterocycles. The van der Waals surface area contributed by atoms with Gasteiger partial charge in [-0.1, -0.05) is 36.5 Å². The quantitative estimate of drug-likeness (QED) is 0.398. The smallest absolute Gasteiger partial charge is 0.279 e. The van der Waals surface area contributed by atoms with E-state index in [2.05, 4.69) is 4.99 Å². The van der Waals surface area contributed by atoms with Crippen molar-refractivity contribution in [3.8, 4) is 11.5 Å². The summed E-state index contributed by atoms with van der Waals surface area (Å²) in [6.07, 6.45) is 2.04. The average molecular weight is 467 g/mol. The molecule has 0 aliphatic carbocycles. The zero-order chi connectivity index (χ0) is 22.7. The van der Waals surface area contributed by atoms with Gasteiger partial charge in [0, 0.05) is 18.4 Å². The van der Waals surface area contributed by atoms with Gasteiger partial charge in [0.25, 0.3) is 5.91 Å². The lowest BCUT2D eigenvalue weighted by molar-refractivity contribution is 0.0998. The van der Waals surface area contributed by atoms with E-state index >= 15 is 0 Å². The number of sulfone groups is 1. The molecule has 0 aliphatic heterocycles. The van der Waals surface area contributed by atoms with Crippen LogP contribution in [0.5, 0.6) is 11.5 Å². The Bertz CT molecular complexity index is 1440. The van der Waals surface area contributed by atoms with E-state index in [-0.39, 0.29) is 10.8 Å². The number of thiazole rings is 1. The predicted molar refractivity (Wildman–Crippen MR) is 126 cm³/mol. The minimum Gasteiger partial charge on any atom is -0.457 e. The van der Waals surface area contributed by atoms with E-state index in [4.69, 9.17) is 4.74 Å². The van der Waals surface area contributed by atoms with Crippen LogP contribution in [0, 0.1) is 0 Å². The van der Waals surface area contributed by atoms with E-state index in [0.717, 1.165) is 22.4 Å². The third-order valence-corrected chi connectivity index (χ3v) is 6.96. The van der Waals surface area contributed by atoms with Crippen molar-refractivity contribution in [1.82, 2.24) is 4.57 Å². The van der Waals surface area contributed by atoms with Gasteiger partial charge in [-0.2, -0.15) is 4.99 Å². The Morgan fingerprint density at radius 1 is 1.00 bits per heavy atom. The number of rotatable bonds is 6. The van der Waals surface area contributed by atoms with Crippen molar-refractivity contribution in [1.29, 1.82) is 0 Å². The molecule has 0 saturated heterocycles. The lowest BCUT2D eigenvalue weighted by atomic mass is 10.2. The predicted octanol–water partition coefficient (Wildman–Crippen LogP) is 5.05. The van der Waals surface area contributed by atoms with Crippen molar-refractivity contribution in [3.05, 3.63) is 83.2 Å². The fourth-order valence-electron chi connectivity index (χ4n) is 3.25. The molecule has 1 amide bonds. The molecule has 0 radical (unpaired) electrons. The number of amides is 1. The summed E-state index contributed by atoms with van der Waals surface area (Å²) >= 11 is 1.31. The van der Waals surface area contributed by atoms with Crippen LogP contribution in [0.25, 0.3) is 10.2 Å². The topological polar surface area (TPSA) is 77.7 Å². The number of para-hydroxylation sites is 1. The summed E-state index contributed by atoms with van der Waals surface area (Å²) in [5.74, 6) is 0.982. The van der Waals surface area contributed by atoms with Crippen LogP contribution in [0.3, 0.4) is 0 Å². The number of benzene rings is 3. The SMILES string of the molecule is CCCn1c(=NC(=O)c2ccc(Oc3ccccc3)cc2)sc2cc(S(C)(=O)=O)ccc21. The molecule has 6 nitrogen and oxygen atoms in total. The van der Waals surface area contributed by atoms with Crippen LogP contribution in [0.1, 0.15) is 23.7 Å². The molecule has 4 aromatic rings. The molecular weight excluding hydrogens is 444 g/mol. The highest BCUT2D eigenvalue weighted by atomic mass is 32.2. The second kappa shape index (κ2) is 9.10. The molecule has 0 saturated carbocycles. The number of aryl methyl sites for hydroxylation is 1. The Hall–Kier alpha value is -3.23. The first-order chi connectivity index (χ1) is 15.3. The number of hydrogen-bond donors (Lipinski definition) is 0. The van der Waals surface area contributed by atoms with Crippen LogP contribution in [0.4, 0.5) is 0 Å². The second-order valence-corrected chi connectivity index (χ2v) is 10.3. The monoisotopic (exact) mass is 466 g/mol. The van der Waals surface area contributed by atoms with Gasteiger partial charge in [0.05, 0.1) is 15.1 Å². The number of carbonyl (C=O) groups is 1. The van der Waals surface area contributed by atoms with Crippen LogP contribution in [-0.4, -0.2) is 25.1 Å². The Balaban J connectivity index is 1.66. The first-order valence-corrected chi connectivity index (χ1v) is 12.8. The number of fused-ring (bicyclic) bond motifs is 1. The Morgan fingerprint density at radius 2 is 1.69 bits per heavy atom. The van der Waals surface area contributed by atoms with Gasteiger partial charge in [-0.3, -0.25) is 4.79 Å². The van der Waals surface area contributed by atoms with Gasteiger partial charge in [-0.15, -0.1) is 0 Å². The number of nitrogens with zero attached hydrogens (tertiary/aromatic N) is 2. The molecule has 3 aromatic carbocycles. The zero-order valence-corrected chi connectivity index (χ0v) is 19.3. The summed E-state index contributed by atoms with van der Waals surface area (Å²) in [6, 6.07) is 21.3. The Labute approximate surface area is 190 Å². The number of ether oxygens (including phenoxy) is 1. The van der Waals surface area contributed by atoms with E-state index in [1.165, 1.54) is 17.6 Å². The normalized spacial score (nSPS) is 12.2. The molecule has 32 heavy (non-hydrogen) atoms. The third kappa shape index (κ3) is 4.81. The van der Waals surface area contributed by atoms with Gasteiger partial charge in [-0.05, 0) is 61.0 Å². The molecular formula is C24H22N2O4S2. The van der Waals surface area contributed by atoms with E-state index in [9.17, 15) is 13.2 Å². The van der Waals surface area contributed by atoms with Crippen LogP contribution in [-0.2, 0) is 16.4 Å². The summed E-state index contributed by atoms with van der Waals surface area (Å²) in [5.41, 5.74) is 1.31. The summed E-state index contributed by atoms with van der Waals surface area (Å²) in [6.45, 7) is 2.71. The van der Waals surface area contributed by atoms with Crippen molar-refractivity contribution < 1.29 is 17.9 Å². The molecule has 164 valence electrons. The van der Waals surface area contributed by atoms with Gasteiger partial charge in [0.2, 0.25) is 0 Å². The van der Waals surface area contributed by atoms with Crippen molar-refractivity contribution >= 4 is 37.3 Å². The molecule has 1 heterocycles. The fraction of sp³-hybridized carbons (Fsp3) is 0.167. The maximum absolute atomic E-state index is 12.8. The molecule has 0 bridgehead atoms. The standard InChI is InChI=1S/C24H22N2O4S2/c1-3-15-26-21-14-13-20(32(2,28)29)16-22(21)31-24(26)25-23(27)17-9-11-19(12-10-17)30-18-7-5-4-6-8-18/h4-14,16H,3,15H2,1-2H3. The lowest BCUT2D eigenvalue weighted by Gasteiger charge is -2.05. The fourth-order valence-corrected chi connectivity index (χ4v) is 5.07. The summed E-state index contributed by atoms with van der Waals surface area (Å²) in [5, 5.41) is 0. The van der Waals surface area contributed by atoms with Gasteiger partial charge < -0.3 is 9.30 Å². The largest absolute Gasteiger partial charge is 0.457 e. The number of hydrogen-bond acceptors (Lipinski definition) is 5. The van der Waals surface area contributed by atoms with Crippen LogP contribution >= 0.6 is 11.3 Å². The van der Waals surface area contributed by atoms with E-state index < -0.39 is 9.84 Å². The maximum Gasteiger partial charge on any atom is 0.279 e. The molecule has 8 heteroatoms. The van der Waals surface area contributed by atoms with Crippen molar-refractivity contribution in [2.45, 2.75) is 24.8 Å². The van der Waals surface area contributed by atoms with Gasteiger partial charge >= 0.3 is 0 Å². The zero-order valence-electron chi connectivity index (χ0n) is 17.7. The molecule has 4 rings (SSSR count). The highest BCUT2D eigenvalue weighted by Gasteiger charge is 2.13. The molecule has 0 atom stereocenters. The second-order valence-electron chi connectivity index (χ2n) is 7.29. The Morgan fingerprint density at radius 3 is 2.34 bits per heavy atom. The molecule has 0 N–H and O–H groups in total. The third-order valence-electron chi connectivity index (χ3n) is 4.81. The van der Waals surface area contributed by atoms with Gasteiger partial charge in [0.15, 0.2) is 14.6 Å². The summed E-state index contributed by atoms with van der Waals surface area (Å²) in [7, 11) is -3.31. The van der Waals surface area contributed by atoms with Crippen LogP contribution in [0.15, 0.2) is 82.7 Å². The highest BCUT2D eigenvalue weighted by Crippen LogP contribution is 2.23. The summed E-state index contributed by atoms with van der Waals surface area (Å²) < 4.78 is 32.3. The van der Waals surface area contributed by atoms with E-state index in [0.29, 0.717) is 22.7 Å². The van der Waals surface area contributed by atoms with Crippen LogP contribution < -0.4 is 9.54 Å². The Kier molecular flexibility index (Phi) is 6.25. The number of aromatic nitrogens is 1. The van der Waals surface area contributed by atoms with E-state index in [1.54, 1.807) is 42.5 Å². The van der Waals surface area contributed by atoms with E-state index in [1.807, 2.05) is 41.8 Å². The first-order valence-electron chi connectivity index (χ1n) is 10.1. The average Bonchev–Trinajstić information content (AvgIpc) is 3.11. The minimum atomic E-state index is -3.31. The molecule has 0 unspecified atom stereocenters. The summed E-state index contributed by atoms with van der Waals surface area (Å²) in [4.78, 5) is 18.0. The van der Waals surface area contributed by atoms with Crippen LogP contribution in [0.2, 0.25) is 0 Å². The van der Waals surface area contributed by atoms with Gasteiger partial charge in [-0.25, -0.2) is 8.42 Å². The first kappa shape index (κ1) is 22.0. The molecule has 0 aliphatic rings. The van der Waals surface area contributed by atoms with Crippen molar-refractivity contribution in [2.24, 2.45) is 4.99 Å². The lowest BCUT2D eigenvalue weighted by Crippen LogP contribution is -2.16. The van der Waals surface area contributed by atoms with Gasteiger partial charge in [0.1, 0.15) is 11.5 Å². The molecule has 0 fully saturated rings. The maximum atomic E-state index is 12.8. The minimum absolute atomic E-state index is 0.252. The number of carbonyl (C=O) groups excluding carboxylic acids is 1. The molecule has 0 spiro atoms. The van der Waals surface area contributed by atoms with Crippen molar-refractivity contribution in [2.75, 3.05) is 6.26 Å².